The minimum Gasteiger partial charge on any atom is -0.327 e. The molecule has 0 aliphatic rings. The lowest BCUT2D eigenvalue weighted by Gasteiger charge is -2.26. The molecule has 0 fully saturated rings. The van der Waals surface area contributed by atoms with Crippen molar-refractivity contribution >= 4 is 23.9 Å². The summed E-state index contributed by atoms with van der Waals surface area (Å²) < 4.78 is 0. The lowest BCUT2D eigenvalue weighted by Crippen LogP contribution is -2.33. The first-order valence-corrected chi connectivity index (χ1v) is 7.76. The summed E-state index contributed by atoms with van der Waals surface area (Å²) in [7, 11) is 0. The van der Waals surface area contributed by atoms with E-state index in [0.29, 0.717) is 6.41 Å². The van der Waals surface area contributed by atoms with Gasteiger partial charge in [-0.05, 0) is 45.4 Å². The van der Waals surface area contributed by atoms with E-state index in [2.05, 4.69) is 6.92 Å². The van der Waals surface area contributed by atoms with Crippen LogP contribution >= 0.6 is 11.8 Å². The molecule has 0 spiro atoms. The highest BCUT2D eigenvalue weighted by molar-refractivity contribution is 7.99. The van der Waals surface area contributed by atoms with Crippen LogP contribution < -0.4 is 10.8 Å². The van der Waals surface area contributed by atoms with E-state index in [0.717, 1.165) is 22.8 Å². The molecule has 112 valence electrons. The third-order valence-electron chi connectivity index (χ3n) is 2.53. The van der Waals surface area contributed by atoms with Crippen LogP contribution in [0.4, 0.5) is 5.69 Å². The van der Waals surface area contributed by atoms with Gasteiger partial charge in [0.25, 0.3) is 0 Å². The van der Waals surface area contributed by atoms with Gasteiger partial charge in [-0.25, -0.2) is 0 Å². The number of nitrogens with two attached hydrogens (primary N) is 1. The smallest absolute Gasteiger partial charge is 0.238 e. The highest BCUT2D eigenvalue weighted by Crippen LogP contribution is 2.25. The normalized spacial score (nSPS) is 13.1. The molecule has 2 N–H and O–H groups in total. The second-order valence-electron chi connectivity index (χ2n) is 5.61. The van der Waals surface area contributed by atoms with Gasteiger partial charge in [-0.15, -0.1) is 11.8 Å². The first-order chi connectivity index (χ1) is 9.35. The average Bonchev–Trinajstić information content (AvgIpc) is 2.41. The second kappa shape index (κ2) is 7.67. The fourth-order valence-corrected chi connectivity index (χ4v) is 2.48. The fourth-order valence-electron chi connectivity index (χ4n) is 1.46. The van der Waals surface area contributed by atoms with E-state index in [9.17, 15) is 4.79 Å². The summed E-state index contributed by atoms with van der Waals surface area (Å²) in [6.45, 7) is 7.79. The van der Waals surface area contributed by atoms with Crippen molar-refractivity contribution in [1.82, 2.24) is 0 Å². The van der Waals surface area contributed by atoms with Crippen molar-refractivity contribution < 1.29 is 9.63 Å². The number of carbonyl (C=O) groups excluding carboxylic acids is 1. The first kappa shape index (κ1) is 17.0. The molecule has 1 rings (SSSR count). The van der Waals surface area contributed by atoms with Crippen molar-refractivity contribution in [3.63, 3.8) is 0 Å². The van der Waals surface area contributed by atoms with E-state index in [1.165, 1.54) is 5.06 Å². The van der Waals surface area contributed by atoms with Gasteiger partial charge in [0, 0.05) is 16.7 Å². The van der Waals surface area contributed by atoms with Crippen molar-refractivity contribution in [3.05, 3.63) is 24.3 Å². The molecule has 0 radical (unpaired) electrons. The molecule has 5 heteroatoms. The van der Waals surface area contributed by atoms with E-state index in [-0.39, 0.29) is 6.04 Å². The number of rotatable bonds is 7. The highest BCUT2D eigenvalue weighted by Gasteiger charge is 2.17. The summed E-state index contributed by atoms with van der Waals surface area (Å²) in [5, 5.41) is 1.27. The molecule has 0 aliphatic carbocycles. The Morgan fingerprint density at radius 2 is 2.15 bits per heavy atom. The summed E-state index contributed by atoms with van der Waals surface area (Å²) in [4.78, 5) is 17.9. The zero-order chi connectivity index (χ0) is 15.2. The zero-order valence-corrected chi connectivity index (χ0v) is 13.4. The van der Waals surface area contributed by atoms with Crippen molar-refractivity contribution in [1.29, 1.82) is 0 Å². The van der Waals surface area contributed by atoms with Crippen LogP contribution in [-0.2, 0) is 9.63 Å². The molecule has 0 saturated carbocycles. The minimum absolute atomic E-state index is 0.191. The Balaban J connectivity index is 2.77. The Bertz CT molecular complexity index is 432. The van der Waals surface area contributed by atoms with Gasteiger partial charge in [0.05, 0.1) is 11.3 Å². The van der Waals surface area contributed by atoms with Crippen LogP contribution in [0, 0.1) is 0 Å². The van der Waals surface area contributed by atoms with Gasteiger partial charge in [-0.1, -0.05) is 13.0 Å². The summed E-state index contributed by atoms with van der Waals surface area (Å²) in [5.41, 5.74) is 6.22. The third-order valence-corrected chi connectivity index (χ3v) is 3.71. The lowest BCUT2D eigenvalue weighted by molar-refractivity contribution is -0.120. The second-order valence-corrected chi connectivity index (χ2v) is 6.70. The standard InChI is InChI=1S/C15H24N2O2S/c1-5-12(16)10-20-14-8-6-7-13(9-14)17(11-18)19-15(2,3)4/h6-9,11-12H,5,10,16H2,1-4H3/t12-/m1/s1. The maximum Gasteiger partial charge on any atom is 0.238 e. The van der Waals surface area contributed by atoms with E-state index in [4.69, 9.17) is 10.6 Å². The molecule has 0 aliphatic heterocycles. The van der Waals surface area contributed by atoms with Gasteiger partial charge in [0.1, 0.15) is 0 Å². The maximum atomic E-state index is 11.2. The van der Waals surface area contributed by atoms with Gasteiger partial charge < -0.3 is 5.73 Å². The number of thioether (sulfide) groups is 1. The first-order valence-electron chi connectivity index (χ1n) is 6.78. The molecule has 1 aromatic rings. The molecule has 0 bridgehead atoms. The third kappa shape index (κ3) is 5.94. The predicted molar refractivity (Wildman–Crippen MR) is 84.8 cm³/mol. The molecule has 0 unspecified atom stereocenters. The Morgan fingerprint density at radius 1 is 1.45 bits per heavy atom. The predicted octanol–water partition coefficient (Wildman–Crippen LogP) is 3.21. The van der Waals surface area contributed by atoms with Crippen molar-refractivity contribution in [2.45, 2.75) is 50.7 Å². The number of amides is 1. The molecule has 0 aromatic heterocycles. The average molecular weight is 296 g/mol. The van der Waals surface area contributed by atoms with Gasteiger partial charge in [-0.2, -0.15) is 5.06 Å². The van der Waals surface area contributed by atoms with Gasteiger partial charge in [0.2, 0.25) is 6.41 Å². The van der Waals surface area contributed by atoms with Crippen molar-refractivity contribution in [3.8, 4) is 0 Å². The van der Waals surface area contributed by atoms with E-state index < -0.39 is 5.60 Å². The molecule has 20 heavy (non-hydrogen) atoms. The Morgan fingerprint density at radius 3 is 2.70 bits per heavy atom. The largest absolute Gasteiger partial charge is 0.327 e. The summed E-state index contributed by atoms with van der Waals surface area (Å²) in [6.07, 6.45) is 1.65. The van der Waals surface area contributed by atoms with Gasteiger partial charge >= 0.3 is 0 Å². The lowest BCUT2D eigenvalue weighted by atomic mass is 10.2. The SMILES string of the molecule is CC[C@@H](N)CSc1cccc(N(C=O)OC(C)(C)C)c1. The number of anilines is 1. The quantitative estimate of drug-likeness (QED) is 0.477. The number of benzene rings is 1. The number of hydrogen-bond acceptors (Lipinski definition) is 4. The number of nitrogens with zero attached hydrogens (tertiary/aromatic N) is 1. The zero-order valence-electron chi connectivity index (χ0n) is 12.6. The summed E-state index contributed by atoms with van der Waals surface area (Å²) >= 11 is 1.69. The van der Waals surface area contributed by atoms with E-state index in [1.807, 2.05) is 45.0 Å². The topological polar surface area (TPSA) is 55.6 Å². The van der Waals surface area contributed by atoms with Crippen LogP contribution in [0.15, 0.2) is 29.2 Å². The van der Waals surface area contributed by atoms with Crippen molar-refractivity contribution in [2.24, 2.45) is 5.73 Å². The van der Waals surface area contributed by atoms with Crippen LogP contribution in [0.5, 0.6) is 0 Å². The van der Waals surface area contributed by atoms with Crippen LogP contribution in [-0.4, -0.2) is 23.8 Å². The summed E-state index contributed by atoms with van der Waals surface area (Å²) in [6, 6.07) is 7.91. The number of hydroxylamine groups is 1. The Kier molecular flexibility index (Phi) is 6.52. The maximum absolute atomic E-state index is 11.2. The monoisotopic (exact) mass is 296 g/mol. The molecule has 0 heterocycles. The molecule has 0 saturated heterocycles. The van der Waals surface area contributed by atoms with Gasteiger partial charge in [0.15, 0.2) is 0 Å². The minimum atomic E-state index is -0.422. The van der Waals surface area contributed by atoms with Crippen LogP contribution in [0.2, 0.25) is 0 Å². The van der Waals surface area contributed by atoms with E-state index >= 15 is 0 Å². The van der Waals surface area contributed by atoms with Gasteiger partial charge in [-0.3, -0.25) is 9.63 Å². The Hall–Kier alpha value is -1.04. The van der Waals surface area contributed by atoms with Crippen LogP contribution in [0.25, 0.3) is 0 Å². The van der Waals surface area contributed by atoms with E-state index in [1.54, 1.807) is 11.8 Å². The summed E-state index contributed by atoms with van der Waals surface area (Å²) in [5.74, 6) is 0.862. The van der Waals surface area contributed by atoms with Crippen LogP contribution in [0.3, 0.4) is 0 Å². The molecular formula is C15H24N2O2S. The molecular weight excluding hydrogens is 272 g/mol. The van der Waals surface area contributed by atoms with Crippen molar-refractivity contribution in [2.75, 3.05) is 10.8 Å². The number of hydrogen-bond donors (Lipinski definition) is 1. The molecule has 1 amide bonds. The Labute approximate surface area is 125 Å². The van der Waals surface area contributed by atoms with Crippen LogP contribution in [0.1, 0.15) is 34.1 Å². The highest BCUT2D eigenvalue weighted by atomic mass is 32.2. The fraction of sp³-hybridized carbons (Fsp3) is 0.533. The molecule has 1 atom stereocenters. The molecule has 4 nitrogen and oxygen atoms in total. The molecule has 1 aromatic carbocycles. The number of carbonyl (C=O) groups is 1.